The number of hydrogen-bond acceptors (Lipinski definition) is 3. The first kappa shape index (κ1) is 14.9. The molecule has 0 aromatic heterocycles. The molecule has 0 bridgehead atoms. The van der Waals surface area contributed by atoms with Crippen molar-refractivity contribution in [1.29, 1.82) is 0 Å². The van der Waals surface area contributed by atoms with Crippen LogP contribution < -0.4 is 5.32 Å². The summed E-state index contributed by atoms with van der Waals surface area (Å²) in [5.41, 5.74) is 1.90. The van der Waals surface area contributed by atoms with Crippen LogP contribution in [-0.2, 0) is 11.2 Å². The van der Waals surface area contributed by atoms with Gasteiger partial charge in [0, 0.05) is 12.7 Å². The second-order valence-electron chi connectivity index (χ2n) is 5.11. The molecule has 0 fully saturated rings. The third kappa shape index (κ3) is 4.59. The fourth-order valence-electron chi connectivity index (χ4n) is 1.67. The molecule has 0 saturated carbocycles. The molecule has 0 aliphatic heterocycles. The molecular formula is C15H23NO2. The van der Waals surface area contributed by atoms with Crippen molar-refractivity contribution in [3.05, 3.63) is 35.4 Å². The van der Waals surface area contributed by atoms with Crippen molar-refractivity contribution in [1.82, 2.24) is 5.32 Å². The van der Waals surface area contributed by atoms with Gasteiger partial charge in [0.25, 0.3) is 0 Å². The number of ether oxygens (including phenoxy) is 1. The molecule has 0 aliphatic carbocycles. The molecule has 1 aromatic carbocycles. The number of methoxy groups -OCH3 is 1. The Bertz CT molecular complexity index is 382. The van der Waals surface area contributed by atoms with E-state index in [4.69, 9.17) is 4.74 Å². The lowest BCUT2D eigenvalue weighted by atomic mass is 9.97. The van der Waals surface area contributed by atoms with Crippen LogP contribution in [-0.4, -0.2) is 32.1 Å². The molecule has 1 N–H and O–H groups in total. The molecule has 1 rings (SSSR count). The van der Waals surface area contributed by atoms with E-state index in [-0.39, 0.29) is 11.4 Å². The molecule has 0 spiro atoms. The Labute approximate surface area is 110 Å². The summed E-state index contributed by atoms with van der Waals surface area (Å²) >= 11 is 0. The van der Waals surface area contributed by atoms with E-state index in [1.807, 2.05) is 24.3 Å². The topological polar surface area (TPSA) is 38.3 Å². The quantitative estimate of drug-likeness (QED) is 0.754. The Kier molecular flexibility index (Phi) is 5.51. The van der Waals surface area contributed by atoms with Gasteiger partial charge in [0.1, 0.15) is 0 Å². The van der Waals surface area contributed by atoms with Gasteiger partial charge in [-0.15, -0.1) is 0 Å². The molecule has 100 valence electrons. The molecule has 0 aliphatic rings. The first-order chi connectivity index (χ1) is 8.48. The van der Waals surface area contributed by atoms with Gasteiger partial charge < -0.3 is 10.1 Å². The summed E-state index contributed by atoms with van der Waals surface area (Å²) in [6.45, 7) is 4.55. The number of rotatable bonds is 7. The van der Waals surface area contributed by atoms with Crippen LogP contribution in [0.25, 0.3) is 0 Å². The van der Waals surface area contributed by atoms with Crippen molar-refractivity contribution in [3.63, 3.8) is 0 Å². The highest BCUT2D eigenvalue weighted by molar-refractivity contribution is 5.97. The summed E-state index contributed by atoms with van der Waals surface area (Å²) in [6.07, 6.45) is 1.93. The van der Waals surface area contributed by atoms with Gasteiger partial charge >= 0.3 is 0 Å². The minimum Gasteiger partial charge on any atom is -0.379 e. The van der Waals surface area contributed by atoms with Gasteiger partial charge in [-0.25, -0.2) is 0 Å². The van der Waals surface area contributed by atoms with Crippen LogP contribution >= 0.6 is 0 Å². The molecule has 1 aromatic rings. The molecular weight excluding hydrogens is 226 g/mol. The fraction of sp³-hybridized carbons (Fsp3) is 0.533. The number of aryl methyl sites for hydroxylation is 1. The zero-order chi connectivity index (χ0) is 13.6. The number of nitrogens with one attached hydrogen (secondary N) is 1. The normalized spacial score (nSPS) is 11.6. The van der Waals surface area contributed by atoms with Crippen molar-refractivity contribution in [2.45, 2.75) is 32.3 Å². The second-order valence-corrected chi connectivity index (χ2v) is 5.11. The van der Waals surface area contributed by atoms with Crippen LogP contribution in [0.1, 0.15) is 36.2 Å². The lowest BCUT2D eigenvalue weighted by Gasteiger charge is -2.22. The number of Topliss-reactive ketones (excluding diaryl/α,β-unsaturated/α-hetero) is 1. The van der Waals surface area contributed by atoms with Gasteiger partial charge in [-0.3, -0.25) is 4.79 Å². The number of ketones is 1. The number of benzene rings is 1. The highest BCUT2D eigenvalue weighted by atomic mass is 16.5. The van der Waals surface area contributed by atoms with Crippen LogP contribution in [0.2, 0.25) is 0 Å². The van der Waals surface area contributed by atoms with Gasteiger partial charge in [-0.2, -0.15) is 0 Å². The van der Waals surface area contributed by atoms with Crippen LogP contribution in [0.15, 0.2) is 24.3 Å². The number of carbonyl (C=O) groups is 1. The maximum atomic E-state index is 11.6. The van der Waals surface area contributed by atoms with Gasteiger partial charge in [0.2, 0.25) is 0 Å². The summed E-state index contributed by atoms with van der Waals surface area (Å²) in [5.74, 6) is 0.126. The summed E-state index contributed by atoms with van der Waals surface area (Å²) < 4.78 is 5.39. The average molecular weight is 249 g/mol. The first-order valence-corrected chi connectivity index (χ1v) is 6.30. The fourth-order valence-corrected chi connectivity index (χ4v) is 1.67. The maximum Gasteiger partial charge on any atom is 0.176 e. The van der Waals surface area contributed by atoms with Crippen LogP contribution in [0.5, 0.6) is 0 Å². The van der Waals surface area contributed by atoms with E-state index in [2.05, 4.69) is 19.2 Å². The van der Waals surface area contributed by atoms with Crippen molar-refractivity contribution >= 4 is 5.78 Å². The third-order valence-electron chi connectivity index (χ3n) is 3.18. The Morgan fingerprint density at radius 1 is 1.28 bits per heavy atom. The highest BCUT2D eigenvalue weighted by Gasteiger charge is 2.15. The molecule has 0 heterocycles. The van der Waals surface area contributed by atoms with E-state index < -0.39 is 0 Å². The van der Waals surface area contributed by atoms with Gasteiger partial charge in [0.15, 0.2) is 5.78 Å². The lowest BCUT2D eigenvalue weighted by molar-refractivity contribution is 0.0158. The molecule has 3 nitrogen and oxygen atoms in total. The molecule has 18 heavy (non-hydrogen) atoms. The monoisotopic (exact) mass is 249 g/mol. The highest BCUT2D eigenvalue weighted by Crippen LogP contribution is 2.17. The van der Waals surface area contributed by atoms with E-state index in [0.29, 0.717) is 6.54 Å². The van der Waals surface area contributed by atoms with E-state index in [9.17, 15) is 4.79 Å². The van der Waals surface area contributed by atoms with E-state index in [1.165, 1.54) is 5.56 Å². The van der Waals surface area contributed by atoms with Crippen LogP contribution in [0, 0.1) is 0 Å². The Hall–Kier alpha value is -1.19. The summed E-state index contributed by atoms with van der Waals surface area (Å²) in [6, 6.07) is 7.84. The van der Waals surface area contributed by atoms with Crippen molar-refractivity contribution in [2.24, 2.45) is 0 Å². The summed E-state index contributed by atoms with van der Waals surface area (Å²) in [4.78, 5) is 11.6. The number of hydrogen-bond donors (Lipinski definition) is 1. The molecule has 0 radical (unpaired) electrons. The molecule has 0 atom stereocenters. The maximum absolute atomic E-state index is 11.6. The number of carbonyl (C=O) groups excluding carboxylic acids is 1. The Morgan fingerprint density at radius 3 is 2.39 bits per heavy atom. The van der Waals surface area contributed by atoms with Crippen LogP contribution in [0.4, 0.5) is 0 Å². The first-order valence-electron chi connectivity index (χ1n) is 6.30. The predicted octanol–water partition coefficient (Wildman–Crippen LogP) is 2.45. The molecule has 0 saturated heterocycles. The second kappa shape index (κ2) is 6.66. The minimum atomic E-state index is -0.0966. The van der Waals surface area contributed by atoms with E-state index in [0.717, 1.165) is 18.4 Å². The van der Waals surface area contributed by atoms with Gasteiger partial charge in [-0.05, 0) is 39.3 Å². The minimum absolute atomic E-state index is 0.0966. The van der Waals surface area contributed by atoms with Crippen molar-refractivity contribution in [2.75, 3.05) is 20.7 Å². The summed E-state index contributed by atoms with van der Waals surface area (Å²) in [5, 5.41) is 2.87. The van der Waals surface area contributed by atoms with Crippen molar-refractivity contribution < 1.29 is 9.53 Å². The average Bonchev–Trinajstić information content (AvgIpc) is 2.37. The molecule has 3 heteroatoms. The van der Waals surface area contributed by atoms with E-state index >= 15 is 0 Å². The third-order valence-corrected chi connectivity index (χ3v) is 3.18. The Balaban J connectivity index is 2.58. The van der Waals surface area contributed by atoms with E-state index in [1.54, 1.807) is 14.2 Å². The predicted molar refractivity (Wildman–Crippen MR) is 74.1 cm³/mol. The summed E-state index contributed by atoms with van der Waals surface area (Å²) in [7, 11) is 3.51. The smallest absolute Gasteiger partial charge is 0.176 e. The van der Waals surface area contributed by atoms with Crippen molar-refractivity contribution in [3.8, 4) is 0 Å². The zero-order valence-electron chi connectivity index (χ0n) is 11.7. The molecule has 0 amide bonds. The van der Waals surface area contributed by atoms with Gasteiger partial charge in [-0.1, -0.05) is 24.3 Å². The molecule has 0 unspecified atom stereocenters. The number of likely N-dealkylation sites (N-methyl/N-ethyl adjacent to an activating group) is 1. The SMILES string of the molecule is CNCC(=O)c1ccc(CCC(C)(C)OC)cc1. The van der Waals surface area contributed by atoms with Gasteiger partial charge in [0.05, 0.1) is 12.1 Å². The van der Waals surface area contributed by atoms with Crippen LogP contribution in [0.3, 0.4) is 0 Å². The zero-order valence-corrected chi connectivity index (χ0v) is 11.7. The lowest BCUT2D eigenvalue weighted by Crippen LogP contribution is -2.23. The largest absolute Gasteiger partial charge is 0.379 e. The Morgan fingerprint density at radius 2 is 1.89 bits per heavy atom. The standard InChI is InChI=1S/C15H23NO2/c1-15(2,18-4)10-9-12-5-7-13(8-6-12)14(17)11-16-3/h5-8,16H,9-11H2,1-4H3.